The number of aryl methyl sites for hydroxylation is 2. The lowest BCUT2D eigenvalue weighted by atomic mass is 10.1. The molecule has 1 aromatic carbocycles. The molecule has 0 aliphatic carbocycles. The molecule has 0 radical (unpaired) electrons. The first-order chi connectivity index (χ1) is 10.0. The van der Waals surface area contributed by atoms with Gasteiger partial charge in [0.2, 0.25) is 0 Å². The fourth-order valence-corrected chi connectivity index (χ4v) is 2.31. The predicted molar refractivity (Wildman–Crippen MR) is 82.7 cm³/mol. The molecular weight excluding hydrogens is 290 g/mol. The molecule has 1 N–H and O–H groups in total. The molecule has 0 bridgehead atoms. The maximum absolute atomic E-state index is 11.5. The van der Waals surface area contributed by atoms with E-state index in [2.05, 4.69) is 17.3 Å². The summed E-state index contributed by atoms with van der Waals surface area (Å²) in [5.74, 6) is -0.384. The minimum atomic E-state index is -0.384. The van der Waals surface area contributed by atoms with Gasteiger partial charge in [-0.25, -0.2) is 4.79 Å². The first-order valence-corrected chi connectivity index (χ1v) is 7.06. The van der Waals surface area contributed by atoms with Gasteiger partial charge in [-0.3, -0.25) is 4.68 Å². The summed E-state index contributed by atoms with van der Waals surface area (Å²) in [4.78, 5) is 11.5. The molecular formula is C15H18ClN3O2. The van der Waals surface area contributed by atoms with Gasteiger partial charge in [-0.2, -0.15) is 5.10 Å². The molecule has 2 aromatic rings. The van der Waals surface area contributed by atoms with E-state index in [4.69, 9.17) is 16.3 Å². The second kappa shape index (κ2) is 6.63. The maximum Gasteiger partial charge on any atom is 0.337 e. The Kier molecular flexibility index (Phi) is 4.85. The number of nitrogens with zero attached hydrogens (tertiary/aromatic N) is 2. The SMILES string of the molecule is CCc1nn(C)cc1CNc1cc(C(=O)OC)ccc1Cl. The van der Waals surface area contributed by atoms with Gasteiger partial charge in [-0.15, -0.1) is 0 Å². The molecule has 21 heavy (non-hydrogen) atoms. The predicted octanol–water partition coefficient (Wildman–Crippen LogP) is 3.03. The number of nitrogens with one attached hydrogen (secondary N) is 1. The van der Waals surface area contributed by atoms with Gasteiger partial charge in [0.05, 0.1) is 29.1 Å². The minimum absolute atomic E-state index is 0.384. The van der Waals surface area contributed by atoms with Gasteiger partial charge in [0.15, 0.2) is 0 Å². The third kappa shape index (κ3) is 3.55. The van der Waals surface area contributed by atoms with E-state index in [0.717, 1.165) is 17.7 Å². The zero-order valence-electron chi connectivity index (χ0n) is 12.3. The van der Waals surface area contributed by atoms with E-state index >= 15 is 0 Å². The Morgan fingerprint density at radius 1 is 1.48 bits per heavy atom. The van der Waals surface area contributed by atoms with Gasteiger partial charge in [-0.1, -0.05) is 18.5 Å². The van der Waals surface area contributed by atoms with Crippen LogP contribution >= 0.6 is 11.6 Å². The second-order valence-corrected chi connectivity index (χ2v) is 5.08. The Morgan fingerprint density at radius 3 is 2.90 bits per heavy atom. The van der Waals surface area contributed by atoms with Crippen LogP contribution < -0.4 is 5.32 Å². The minimum Gasteiger partial charge on any atom is -0.465 e. The lowest BCUT2D eigenvalue weighted by Crippen LogP contribution is -2.05. The van der Waals surface area contributed by atoms with Crippen LogP contribution in [-0.4, -0.2) is 22.9 Å². The highest BCUT2D eigenvalue weighted by Crippen LogP contribution is 2.24. The summed E-state index contributed by atoms with van der Waals surface area (Å²) in [5, 5.41) is 8.20. The molecule has 0 saturated carbocycles. The Bertz CT molecular complexity index is 652. The number of halogens is 1. The molecule has 1 heterocycles. The molecule has 5 nitrogen and oxygen atoms in total. The molecule has 1 aromatic heterocycles. The van der Waals surface area contributed by atoms with Gasteiger partial charge in [-0.05, 0) is 24.6 Å². The zero-order valence-corrected chi connectivity index (χ0v) is 13.1. The number of anilines is 1. The van der Waals surface area contributed by atoms with Gasteiger partial charge < -0.3 is 10.1 Å². The van der Waals surface area contributed by atoms with Crippen LogP contribution in [0.1, 0.15) is 28.5 Å². The molecule has 0 fully saturated rings. The number of carbonyl (C=O) groups excluding carboxylic acids is 1. The summed E-state index contributed by atoms with van der Waals surface area (Å²) in [6, 6.07) is 5.01. The molecule has 0 amide bonds. The van der Waals surface area contributed by atoms with Crippen molar-refractivity contribution in [3.63, 3.8) is 0 Å². The molecule has 0 saturated heterocycles. The summed E-state index contributed by atoms with van der Waals surface area (Å²) in [6.45, 7) is 2.66. The molecule has 0 aliphatic rings. The summed E-state index contributed by atoms with van der Waals surface area (Å²) in [5.41, 5.74) is 3.32. The number of benzene rings is 1. The molecule has 0 spiro atoms. The topological polar surface area (TPSA) is 56.2 Å². The first kappa shape index (κ1) is 15.4. The molecule has 2 rings (SSSR count). The van der Waals surface area contributed by atoms with Crippen molar-refractivity contribution in [2.45, 2.75) is 19.9 Å². The van der Waals surface area contributed by atoms with Crippen LogP contribution in [-0.2, 0) is 24.8 Å². The van der Waals surface area contributed by atoms with Crippen molar-refractivity contribution < 1.29 is 9.53 Å². The van der Waals surface area contributed by atoms with Crippen LogP contribution in [0.3, 0.4) is 0 Å². The number of methoxy groups -OCH3 is 1. The fourth-order valence-electron chi connectivity index (χ4n) is 2.12. The average molecular weight is 308 g/mol. The van der Waals surface area contributed by atoms with E-state index in [9.17, 15) is 4.79 Å². The van der Waals surface area contributed by atoms with E-state index in [1.807, 2.05) is 13.2 Å². The average Bonchev–Trinajstić information content (AvgIpc) is 2.85. The van der Waals surface area contributed by atoms with Crippen LogP contribution in [0.4, 0.5) is 5.69 Å². The van der Waals surface area contributed by atoms with Crippen molar-refractivity contribution in [3.05, 3.63) is 46.2 Å². The van der Waals surface area contributed by atoms with Crippen molar-refractivity contribution >= 4 is 23.3 Å². The number of ether oxygens (including phenoxy) is 1. The number of aromatic nitrogens is 2. The van der Waals surface area contributed by atoms with E-state index in [0.29, 0.717) is 22.8 Å². The highest BCUT2D eigenvalue weighted by molar-refractivity contribution is 6.33. The highest BCUT2D eigenvalue weighted by Gasteiger charge is 2.10. The number of rotatable bonds is 5. The molecule has 112 valence electrons. The first-order valence-electron chi connectivity index (χ1n) is 6.68. The normalized spacial score (nSPS) is 10.5. The number of hydrogen-bond donors (Lipinski definition) is 1. The van der Waals surface area contributed by atoms with Crippen LogP contribution in [0.15, 0.2) is 24.4 Å². The van der Waals surface area contributed by atoms with Gasteiger partial charge in [0.25, 0.3) is 0 Å². The van der Waals surface area contributed by atoms with Crippen molar-refractivity contribution in [2.24, 2.45) is 7.05 Å². The Hall–Kier alpha value is -2.01. The van der Waals surface area contributed by atoms with Gasteiger partial charge in [0, 0.05) is 25.4 Å². The van der Waals surface area contributed by atoms with E-state index in [1.54, 1.807) is 22.9 Å². The quantitative estimate of drug-likeness (QED) is 0.863. The fraction of sp³-hybridized carbons (Fsp3) is 0.333. The summed E-state index contributed by atoms with van der Waals surface area (Å²) >= 11 is 6.15. The van der Waals surface area contributed by atoms with E-state index < -0.39 is 0 Å². The monoisotopic (exact) mass is 307 g/mol. The Balaban J connectivity index is 2.17. The summed E-state index contributed by atoms with van der Waals surface area (Å²) in [6.07, 6.45) is 2.84. The van der Waals surface area contributed by atoms with Gasteiger partial charge in [0.1, 0.15) is 0 Å². The zero-order chi connectivity index (χ0) is 15.4. The second-order valence-electron chi connectivity index (χ2n) is 4.67. The Morgan fingerprint density at radius 2 is 2.24 bits per heavy atom. The number of hydrogen-bond acceptors (Lipinski definition) is 4. The lowest BCUT2D eigenvalue weighted by Gasteiger charge is -2.09. The lowest BCUT2D eigenvalue weighted by molar-refractivity contribution is 0.0601. The largest absolute Gasteiger partial charge is 0.465 e. The molecule has 0 unspecified atom stereocenters. The maximum atomic E-state index is 11.5. The standard InChI is InChI=1S/C15H18ClN3O2/c1-4-13-11(9-19(2)18-13)8-17-14-7-10(15(20)21-3)5-6-12(14)16/h5-7,9,17H,4,8H2,1-3H3. The van der Waals surface area contributed by atoms with Crippen molar-refractivity contribution in [1.82, 2.24) is 9.78 Å². The Labute approximate surface area is 128 Å². The third-order valence-corrected chi connectivity index (χ3v) is 3.51. The summed E-state index contributed by atoms with van der Waals surface area (Å²) in [7, 11) is 3.25. The molecule has 0 aliphatic heterocycles. The van der Waals surface area contributed by atoms with Crippen molar-refractivity contribution in [3.8, 4) is 0 Å². The summed E-state index contributed by atoms with van der Waals surface area (Å²) < 4.78 is 6.50. The molecule has 6 heteroatoms. The third-order valence-electron chi connectivity index (χ3n) is 3.18. The van der Waals surface area contributed by atoms with Crippen molar-refractivity contribution in [2.75, 3.05) is 12.4 Å². The van der Waals surface area contributed by atoms with E-state index in [1.165, 1.54) is 7.11 Å². The van der Waals surface area contributed by atoms with Crippen LogP contribution in [0.25, 0.3) is 0 Å². The highest BCUT2D eigenvalue weighted by atomic mass is 35.5. The van der Waals surface area contributed by atoms with E-state index in [-0.39, 0.29) is 5.97 Å². The number of esters is 1. The van der Waals surface area contributed by atoms with Gasteiger partial charge >= 0.3 is 5.97 Å². The number of carbonyl (C=O) groups is 1. The van der Waals surface area contributed by atoms with Crippen LogP contribution in [0.5, 0.6) is 0 Å². The molecule has 0 atom stereocenters. The smallest absolute Gasteiger partial charge is 0.337 e. The van der Waals surface area contributed by atoms with Crippen LogP contribution in [0, 0.1) is 0 Å². The van der Waals surface area contributed by atoms with Crippen molar-refractivity contribution in [1.29, 1.82) is 0 Å². The van der Waals surface area contributed by atoms with Crippen LogP contribution in [0.2, 0.25) is 5.02 Å².